The van der Waals surface area contributed by atoms with Gasteiger partial charge in [0.15, 0.2) is 0 Å². The Balaban J connectivity index is 1.64. The normalized spacial score (nSPS) is 23.2. The molecule has 2 aliphatic carbocycles. The molecule has 0 heterocycles. The second-order valence-corrected chi connectivity index (χ2v) is 6.12. The Hall–Kier alpha value is -1.64. The summed E-state index contributed by atoms with van der Waals surface area (Å²) in [5, 5.41) is 4.39. The summed E-state index contributed by atoms with van der Waals surface area (Å²) in [6.07, 6.45) is 6.74. The second-order valence-electron chi connectivity index (χ2n) is 6.12. The van der Waals surface area contributed by atoms with Crippen molar-refractivity contribution in [3.05, 3.63) is 35.9 Å². The van der Waals surface area contributed by atoms with Crippen molar-refractivity contribution in [3.63, 3.8) is 0 Å². The fourth-order valence-corrected chi connectivity index (χ4v) is 3.23. The Morgan fingerprint density at radius 1 is 1.35 bits per heavy atom. The van der Waals surface area contributed by atoms with Crippen molar-refractivity contribution in [3.8, 4) is 0 Å². The largest absolute Gasteiger partial charge is 0.273 e. The van der Waals surface area contributed by atoms with Gasteiger partial charge in [0.1, 0.15) is 0 Å². The number of hydrogen-bond donors (Lipinski definition) is 1. The summed E-state index contributed by atoms with van der Waals surface area (Å²) < 4.78 is 0. The average Bonchev–Trinajstić information content (AvgIpc) is 3.20. The van der Waals surface area contributed by atoms with Gasteiger partial charge >= 0.3 is 0 Å². The Kier molecular flexibility index (Phi) is 3.60. The fraction of sp³-hybridized carbons (Fsp3) is 0.529. The molecule has 3 heteroatoms. The zero-order valence-electron chi connectivity index (χ0n) is 12.1. The van der Waals surface area contributed by atoms with Crippen LogP contribution in [0.5, 0.6) is 0 Å². The number of nitrogens with one attached hydrogen (secondary N) is 1. The summed E-state index contributed by atoms with van der Waals surface area (Å²) in [5.74, 6) is 0.341. The number of rotatable bonds is 5. The van der Waals surface area contributed by atoms with Gasteiger partial charge in [0.05, 0.1) is 5.71 Å². The van der Waals surface area contributed by atoms with Crippen LogP contribution in [0.15, 0.2) is 35.4 Å². The summed E-state index contributed by atoms with van der Waals surface area (Å²) in [6.45, 7) is 2.13. The molecule has 0 saturated heterocycles. The van der Waals surface area contributed by atoms with Gasteiger partial charge in [-0.2, -0.15) is 5.10 Å². The van der Waals surface area contributed by atoms with Crippen LogP contribution >= 0.6 is 0 Å². The molecule has 1 atom stereocenters. The molecule has 2 aliphatic rings. The molecular weight excluding hydrogens is 248 g/mol. The van der Waals surface area contributed by atoms with Gasteiger partial charge < -0.3 is 0 Å². The molecular formula is C17H22N2O. The van der Waals surface area contributed by atoms with Crippen molar-refractivity contribution in [2.75, 3.05) is 0 Å². The molecule has 2 fully saturated rings. The molecule has 1 aromatic carbocycles. The average molecular weight is 270 g/mol. The predicted octanol–water partition coefficient (Wildman–Crippen LogP) is 3.50. The fourth-order valence-electron chi connectivity index (χ4n) is 3.23. The standard InChI is InChI=1S/C17H22N2O/c1-2-7-15(13-8-4-3-5-9-13)18-19-16(20)14-12-17(14)10-6-11-17/h3-5,8-9,14H,2,6-7,10-12H2,1H3,(H,19,20)/t14-/m0/s1. The van der Waals surface area contributed by atoms with Gasteiger partial charge in [0, 0.05) is 5.92 Å². The van der Waals surface area contributed by atoms with Gasteiger partial charge in [-0.15, -0.1) is 0 Å². The van der Waals surface area contributed by atoms with E-state index in [9.17, 15) is 4.79 Å². The second kappa shape index (κ2) is 5.39. The predicted molar refractivity (Wildman–Crippen MR) is 80.4 cm³/mol. The lowest BCUT2D eigenvalue weighted by Crippen LogP contribution is -2.27. The molecule has 3 rings (SSSR count). The van der Waals surface area contributed by atoms with Crippen molar-refractivity contribution in [1.82, 2.24) is 5.43 Å². The number of benzene rings is 1. The van der Waals surface area contributed by atoms with E-state index in [2.05, 4.69) is 17.5 Å². The Labute approximate surface area is 120 Å². The zero-order valence-corrected chi connectivity index (χ0v) is 12.1. The maximum absolute atomic E-state index is 12.1. The van der Waals surface area contributed by atoms with Gasteiger partial charge in [0.2, 0.25) is 5.91 Å². The molecule has 20 heavy (non-hydrogen) atoms. The van der Waals surface area contributed by atoms with Crippen LogP contribution in [0.1, 0.15) is 51.0 Å². The van der Waals surface area contributed by atoms with Crippen LogP contribution in [0.3, 0.4) is 0 Å². The van der Waals surface area contributed by atoms with Gasteiger partial charge in [-0.3, -0.25) is 4.79 Å². The van der Waals surface area contributed by atoms with E-state index in [0.29, 0.717) is 5.41 Å². The molecule has 2 saturated carbocycles. The topological polar surface area (TPSA) is 41.5 Å². The lowest BCUT2D eigenvalue weighted by molar-refractivity contribution is -0.123. The van der Waals surface area contributed by atoms with Crippen LogP contribution in [0.2, 0.25) is 0 Å². The molecule has 1 aromatic rings. The van der Waals surface area contributed by atoms with E-state index in [1.54, 1.807) is 0 Å². The van der Waals surface area contributed by atoms with E-state index in [1.807, 2.05) is 30.3 Å². The Morgan fingerprint density at radius 3 is 2.65 bits per heavy atom. The van der Waals surface area contributed by atoms with E-state index >= 15 is 0 Å². The number of hydrazone groups is 1. The number of carbonyl (C=O) groups excluding carboxylic acids is 1. The molecule has 1 N–H and O–H groups in total. The third-order valence-electron chi connectivity index (χ3n) is 4.75. The Bertz CT molecular complexity index is 517. The lowest BCUT2D eigenvalue weighted by Gasteiger charge is -2.25. The van der Waals surface area contributed by atoms with E-state index in [0.717, 1.165) is 30.5 Å². The number of amides is 1. The third kappa shape index (κ3) is 2.49. The number of hydrogen-bond acceptors (Lipinski definition) is 2. The van der Waals surface area contributed by atoms with Crippen LogP contribution in [0, 0.1) is 11.3 Å². The van der Waals surface area contributed by atoms with Crippen molar-refractivity contribution in [2.24, 2.45) is 16.4 Å². The minimum Gasteiger partial charge on any atom is -0.273 e. The van der Waals surface area contributed by atoms with Gasteiger partial charge in [0.25, 0.3) is 0 Å². The summed E-state index contributed by atoms with van der Waals surface area (Å²) in [7, 11) is 0. The highest BCUT2D eigenvalue weighted by atomic mass is 16.2. The van der Waals surface area contributed by atoms with Crippen molar-refractivity contribution >= 4 is 11.6 Å². The minimum absolute atomic E-state index is 0.120. The number of nitrogens with zero attached hydrogens (tertiary/aromatic N) is 1. The van der Waals surface area contributed by atoms with Crippen LogP contribution < -0.4 is 5.43 Å². The monoisotopic (exact) mass is 270 g/mol. The first-order valence-electron chi connectivity index (χ1n) is 7.67. The van der Waals surface area contributed by atoms with Gasteiger partial charge in [-0.05, 0) is 36.7 Å². The van der Waals surface area contributed by atoms with Gasteiger partial charge in [-0.1, -0.05) is 50.1 Å². The maximum Gasteiger partial charge on any atom is 0.243 e. The van der Waals surface area contributed by atoms with Gasteiger partial charge in [-0.25, -0.2) is 5.43 Å². The molecule has 3 nitrogen and oxygen atoms in total. The minimum atomic E-state index is 0.120. The molecule has 1 amide bonds. The first-order chi connectivity index (χ1) is 9.75. The van der Waals surface area contributed by atoms with Crippen molar-refractivity contribution in [2.45, 2.75) is 45.4 Å². The molecule has 1 spiro atoms. The third-order valence-corrected chi connectivity index (χ3v) is 4.75. The highest BCUT2D eigenvalue weighted by Gasteiger charge is 2.60. The quantitative estimate of drug-likeness (QED) is 0.645. The van der Waals surface area contributed by atoms with Crippen LogP contribution in [0.4, 0.5) is 0 Å². The molecule has 0 radical (unpaired) electrons. The zero-order chi connectivity index (χ0) is 14.0. The maximum atomic E-state index is 12.1. The molecule has 0 aromatic heterocycles. The first kappa shape index (κ1) is 13.3. The first-order valence-corrected chi connectivity index (χ1v) is 7.67. The van der Waals surface area contributed by atoms with Crippen LogP contribution in [-0.4, -0.2) is 11.6 Å². The summed E-state index contributed by atoms with van der Waals surface area (Å²) >= 11 is 0. The summed E-state index contributed by atoms with van der Waals surface area (Å²) in [5.41, 5.74) is 5.25. The van der Waals surface area contributed by atoms with E-state index < -0.39 is 0 Å². The molecule has 0 unspecified atom stereocenters. The number of carbonyl (C=O) groups is 1. The lowest BCUT2D eigenvalue weighted by atomic mass is 9.80. The highest BCUT2D eigenvalue weighted by Crippen LogP contribution is 2.65. The summed E-state index contributed by atoms with van der Waals surface area (Å²) in [4.78, 5) is 12.1. The van der Waals surface area contributed by atoms with E-state index in [-0.39, 0.29) is 11.8 Å². The van der Waals surface area contributed by atoms with Crippen LogP contribution in [0.25, 0.3) is 0 Å². The molecule has 0 bridgehead atoms. The van der Waals surface area contributed by atoms with E-state index in [4.69, 9.17) is 0 Å². The highest BCUT2D eigenvalue weighted by molar-refractivity contribution is 6.01. The SMILES string of the molecule is CCCC(=NNC(=O)[C@@H]1CC12CCC2)c1ccccc1. The molecule has 0 aliphatic heterocycles. The van der Waals surface area contributed by atoms with Crippen LogP contribution in [-0.2, 0) is 4.79 Å². The molecule has 106 valence electrons. The summed E-state index contributed by atoms with van der Waals surface area (Å²) in [6, 6.07) is 10.1. The Morgan fingerprint density at radius 2 is 2.10 bits per heavy atom. The smallest absolute Gasteiger partial charge is 0.243 e. The van der Waals surface area contributed by atoms with Crippen molar-refractivity contribution in [1.29, 1.82) is 0 Å². The van der Waals surface area contributed by atoms with E-state index in [1.165, 1.54) is 19.3 Å². The van der Waals surface area contributed by atoms with Crippen molar-refractivity contribution < 1.29 is 4.79 Å².